The fraction of sp³-hybridized carbons (Fsp3) is 0.455. The maximum atomic E-state index is 12.7. The lowest BCUT2D eigenvalue weighted by Crippen LogP contribution is -2.15. The predicted molar refractivity (Wildman–Crippen MR) is 51.1 cm³/mol. The molecule has 1 heterocycles. The number of halogens is 1. The van der Waals surface area contributed by atoms with Gasteiger partial charge in [0.15, 0.2) is 5.78 Å². The zero-order chi connectivity index (χ0) is 10.1. The first-order valence-corrected chi connectivity index (χ1v) is 4.81. The number of aromatic nitrogens is 1. The van der Waals surface area contributed by atoms with Crippen LogP contribution in [0.4, 0.5) is 4.39 Å². The van der Waals surface area contributed by atoms with E-state index in [2.05, 4.69) is 4.98 Å². The van der Waals surface area contributed by atoms with Crippen LogP contribution in [0, 0.1) is 6.92 Å². The van der Waals surface area contributed by atoms with Gasteiger partial charge in [-0.2, -0.15) is 0 Å². The predicted octanol–water partition coefficient (Wildman–Crippen LogP) is 2.38. The van der Waals surface area contributed by atoms with Gasteiger partial charge >= 0.3 is 0 Å². The average molecular weight is 193 g/mol. The third-order valence-electron chi connectivity index (χ3n) is 2.58. The molecule has 0 spiro atoms. The Balaban J connectivity index is 2.60. The maximum absolute atomic E-state index is 12.7. The monoisotopic (exact) mass is 193 g/mol. The number of rotatable bonds is 1. The smallest absolute Gasteiger partial charge is 0.181 e. The molecule has 1 aromatic heterocycles. The summed E-state index contributed by atoms with van der Waals surface area (Å²) in [7, 11) is 0. The van der Waals surface area contributed by atoms with Crippen LogP contribution in [0.2, 0.25) is 0 Å². The second-order valence-electron chi connectivity index (χ2n) is 3.66. The first kappa shape index (κ1) is 9.31. The van der Waals surface area contributed by atoms with Crippen molar-refractivity contribution in [2.24, 2.45) is 0 Å². The number of carbonyl (C=O) groups excluding carboxylic acids is 1. The third-order valence-corrected chi connectivity index (χ3v) is 2.58. The van der Waals surface area contributed by atoms with Crippen LogP contribution >= 0.6 is 0 Å². The lowest BCUT2D eigenvalue weighted by molar-refractivity contribution is 0.0966. The maximum Gasteiger partial charge on any atom is 0.181 e. The highest BCUT2D eigenvalue weighted by molar-refractivity contribution is 5.96. The van der Waals surface area contributed by atoms with Crippen LogP contribution in [0.1, 0.15) is 40.2 Å². The summed E-state index contributed by atoms with van der Waals surface area (Å²) in [4.78, 5) is 15.7. The normalized spacial score (nSPS) is 15.4. The third kappa shape index (κ3) is 1.43. The molecule has 0 atom stereocenters. The van der Waals surface area contributed by atoms with Crippen molar-refractivity contribution in [3.63, 3.8) is 0 Å². The number of alkyl halides is 1. The summed E-state index contributed by atoms with van der Waals surface area (Å²) in [6.07, 6.45) is 2.16. The van der Waals surface area contributed by atoms with Crippen LogP contribution in [-0.4, -0.2) is 10.8 Å². The number of pyridine rings is 1. The van der Waals surface area contributed by atoms with Crippen molar-refractivity contribution in [1.82, 2.24) is 4.98 Å². The van der Waals surface area contributed by atoms with Crippen LogP contribution in [-0.2, 0) is 13.1 Å². The molecule has 0 unspecified atom stereocenters. The number of hydrogen-bond donors (Lipinski definition) is 0. The molecule has 74 valence electrons. The van der Waals surface area contributed by atoms with E-state index < -0.39 is 6.67 Å². The Labute approximate surface area is 82.2 Å². The van der Waals surface area contributed by atoms with Crippen molar-refractivity contribution in [2.45, 2.75) is 32.9 Å². The number of Topliss-reactive ketones (excluding diaryl/α,β-unsaturated/α-hetero) is 1. The molecule has 0 saturated heterocycles. The van der Waals surface area contributed by atoms with Gasteiger partial charge in [0.25, 0.3) is 0 Å². The number of hydrogen-bond acceptors (Lipinski definition) is 2. The Morgan fingerprint density at radius 1 is 1.50 bits per heavy atom. The van der Waals surface area contributed by atoms with Crippen LogP contribution in [0.5, 0.6) is 0 Å². The zero-order valence-electron chi connectivity index (χ0n) is 8.14. The molecule has 0 bridgehead atoms. The lowest BCUT2D eigenvalue weighted by Gasteiger charge is -2.16. The van der Waals surface area contributed by atoms with Gasteiger partial charge in [0.2, 0.25) is 0 Å². The minimum atomic E-state index is -0.501. The van der Waals surface area contributed by atoms with Gasteiger partial charge in [0.1, 0.15) is 12.4 Å². The molecule has 3 heteroatoms. The molecule has 0 N–H and O–H groups in total. The quantitative estimate of drug-likeness (QED) is 0.685. The molecule has 0 saturated carbocycles. The summed E-state index contributed by atoms with van der Waals surface area (Å²) in [5.74, 6) is 0.0599. The first-order valence-electron chi connectivity index (χ1n) is 4.81. The molecule has 0 amide bonds. The van der Waals surface area contributed by atoms with Gasteiger partial charge in [-0.1, -0.05) is 0 Å². The summed E-state index contributed by atoms with van der Waals surface area (Å²) in [5.41, 5.74) is 2.70. The number of carbonyl (C=O) groups is 1. The van der Waals surface area contributed by atoms with E-state index >= 15 is 0 Å². The van der Waals surface area contributed by atoms with Gasteiger partial charge in [-0.05, 0) is 37.0 Å². The Hall–Kier alpha value is -1.25. The Morgan fingerprint density at radius 2 is 2.29 bits per heavy atom. The molecule has 0 aromatic carbocycles. The van der Waals surface area contributed by atoms with Gasteiger partial charge in [-0.15, -0.1) is 0 Å². The molecule has 14 heavy (non-hydrogen) atoms. The zero-order valence-corrected chi connectivity index (χ0v) is 8.14. The molecular formula is C11H12FNO. The summed E-state index contributed by atoms with van der Waals surface area (Å²) >= 11 is 0. The van der Waals surface area contributed by atoms with Gasteiger partial charge in [-0.3, -0.25) is 4.79 Å². The van der Waals surface area contributed by atoms with E-state index in [4.69, 9.17) is 0 Å². The van der Waals surface area contributed by atoms with E-state index in [1.165, 1.54) is 0 Å². The Morgan fingerprint density at radius 3 is 3.00 bits per heavy atom. The van der Waals surface area contributed by atoms with Crippen molar-refractivity contribution in [2.75, 3.05) is 0 Å². The number of fused-ring (bicyclic) bond motifs is 1. The van der Waals surface area contributed by atoms with Crippen molar-refractivity contribution < 1.29 is 9.18 Å². The summed E-state index contributed by atoms with van der Waals surface area (Å²) in [5, 5.41) is 0. The Kier molecular flexibility index (Phi) is 2.32. The number of aryl methyl sites for hydroxylation is 1. The van der Waals surface area contributed by atoms with E-state index in [-0.39, 0.29) is 5.78 Å². The first-order chi connectivity index (χ1) is 6.72. The standard InChI is InChI=1S/C11H12FNO/c1-7-5-8(6-12)9-3-2-4-10(14)11(9)13-7/h5H,2-4,6H2,1H3. The van der Waals surface area contributed by atoms with E-state index in [1.54, 1.807) is 13.0 Å². The highest BCUT2D eigenvalue weighted by Crippen LogP contribution is 2.24. The second-order valence-corrected chi connectivity index (χ2v) is 3.66. The van der Waals surface area contributed by atoms with Crippen molar-refractivity contribution >= 4 is 5.78 Å². The van der Waals surface area contributed by atoms with Gasteiger partial charge in [0, 0.05) is 12.1 Å². The van der Waals surface area contributed by atoms with Crippen molar-refractivity contribution in [3.8, 4) is 0 Å². The molecule has 2 rings (SSSR count). The lowest BCUT2D eigenvalue weighted by atomic mass is 9.91. The highest BCUT2D eigenvalue weighted by atomic mass is 19.1. The summed E-state index contributed by atoms with van der Waals surface area (Å²) in [6.45, 7) is 1.29. The summed E-state index contributed by atoms with van der Waals surface area (Å²) < 4.78 is 12.7. The molecule has 0 radical (unpaired) electrons. The van der Waals surface area contributed by atoms with Crippen LogP contribution in [0.3, 0.4) is 0 Å². The molecule has 1 aromatic rings. The summed E-state index contributed by atoms with van der Waals surface area (Å²) in [6, 6.07) is 1.73. The molecule has 0 aliphatic heterocycles. The van der Waals surface area contributed by atoms with Gasteiger partial charge in [0.05, 0.1) is 0 Å². The van der Waals surface area contributed by atoms with E-state index in [0.29, 0.717) is 17.7 Å². The SMILES string of the molecule is Cc1cc(CF)c2c(n1)C(=O)CCC2. The average Bonchev–Trinajstić information content (AvgIpc) is 2.18. The number of ketones is 1. The fourth-order valence-corrected chi connectivity index (χ4v) is 1.94. The topological polar surface area (TPSA) is 30.0 Å². The number of nitrogens with zero attached hydrogens (tertiary/aromatic N) is 1. The fourth-order valence-electron chi connectivity index (χ4n) is 1.94. The second kappa shape index (κ2) is 3.48. The molecule has 1 aliphatic rings. The minimum absolute atomic E-state index is 0.0599. The van der Waals surface area contributed by atoms with E-state index in [1.807, 2.05) is 0 Å². The molecule has 2 nitrogen and oxygen atoms in total. The van der Waals surface area contributed by atoms with E-state index in [9.17, 15) is 9.18 Å². The van der Waals surface area contributed by atoms with Crippen LogP contribution in [0.15, 0.2) is 6.07 Å². The van der Waals surface area contributed by atoms with Crippen molar-refractivity contribution in [3.05, 3.63) is 28.6 Å². The minimum Gasteiger partial charge on any atom is -0.292 e. The molecule has 1 aliphatic carbocycles. The van der Waals surface area contributed by atoms with Crippen molar-refractivity contribution in [1.29, 1.82) is 0 Å². The Bertz CT molecular complexity index is 387. The van der Waals surface area contributed by atoms with Gasteiger partial charge in [-0.25, -0.2) is 9.37 Å². The largest absolute Gasteiger partial charge is 0.292 e. The van der Waals surface area contributed by atoms with Gasteiger partial charge < -0.3 is 0 Å². The van der Waals surface area contributed by atoms with E-state index in [0.717, 1.165) is 24.1 Å². The van der Waals surface area contributed by atoms with Crippen LogP contribution in [0.25, 0.3) is 0 Å². The molecular weight excluding hydrogens is 181 g/mol. The molecule has 0 fully saturated rings. The highest BCUT2D eigenvalue weighted by Gasteiger charge is 2.21. The van der Waals surface area contributed by atoms with Crippen LogP contribution < -0.4 is 0 Å².